The molecule has 1 aromatic heterocycles. The van der Waals surface area contributed by atoms with Crippen molar-refractivity contribution in [1.82, 2.24) is 4.98 Å². The van der Waals surface area contributed by atoms with Gasteiger partial charge in [-0.25, -0.2) is 9.37 Å². The van der Waals surface area contributed by atoms with Crippen LogP contribution in [-0.4, -0.2) is 4.98 Å². The van der Waals surface area contributed by atoms with Gasteiger partial charge in [0.1, 0.15) is 5.82 Å². The molecule has 2 aromatic carbocycles. The molecule has 0 aliphatic carbocycles. The van der Waals surface area contributed by atoms with E-state index in [1.807, 2.05) is 18.2 Å². The molecule has 0 amide bonds. The minimum Gasteiger partial charge on any atom is -0.397 e. The van der Waals surface area contributed by atoms with Gasteiger partial charge in [-0.1, -0.05) is 0 Å². The van der Waals surface area contributed by atoms with Crippen molar-refractivity contribution in [3.63, 3.8) is 0 Å². The van der Waals surface area contributed by atoms with Crippen molar-refractivity contribution < 1.29 is 4.39 Å². The second-order valence-electron chi connectivity index (χ2n) is 3.89. The zero-order valence-electron chi connectivity index (χ0n) is 9.35. The standard InChI is InChI=1S/C13H10FN3S/c14-8-1-3-11(10(15)5-8)17-9-2-4-12-13(6-9)18-7-16-12/h1-7,17H,15H2. The lowest BCUT2D eigenvalue weighted by molar-refractivity contribution is 0.628. The van der Waals surface area contributed by atoms with Crippen molar-refractivity contribution in [2.24, 2.45) is 0 Å². The van der Waals surface area contributed by atoms with E-state index in [1.165, 1.54) is 12.1 Å². The average molecular weight is 259 g/mol. The van der Waals surface area contributed by atoms with Crippen LogP contribution >= 0.6 is 11.3 Å². The van der Waals surface area contributed by atoms with Gasteiger partial charge in [0.15, 0.2) is 0 Å². The van der Waals surface area contributed by atoms with Crippen molar-refractivity contribution in [2.75, 3.05) is 11.1 Å². The summed E-state index contributed by atoms with van der Waals surface area (Å²) in [7, 11) is 0. The van der Waals surface area contributed by atoms with Crippen LogP contribution in [0.4, 0.5) is 21.5 Å². The van der Waals surface area contributed by atoms with Crippen LogP contribution < -0.4 is 11.1 Å². The summed E-state index contributed by atoms with van der Waals surface area (Å²) < 4.78 is 14.0. The molecule has 0 saturated carbocycles. The first kappa shape index (κ1) is 11.0. The fourth-order valence-corrected chi connectivity index (χ4v) is 2.45. The minimum atomic E-state index is -0.337. The molecule has 0 aliphatic heterocycles. The summed E-state index contributed by atoms with van der Waals surface area (Å²) in [4.78, 5) is 4.21. The Balaban J connectivity index is 1.95. The van der Waals surface area contributed by atoms with Gasteiger partial charge in [0, 0.05) is 5.69 Å². The maximum absolute atomic E-state index is 12.9. The molecule has 0 bridgehead atoms. The molecule has 0 fully saturated rings. The molecule has 0 unspecified atom stereocenters. The average Bonchev–Trinajstić information content (AvgIpc) is 2.80. The van der Waals surface area contributed by atoms with Crippen molar-refractivity contribution in [3.05, 3.63) is 47.7 Å². The van der Waals surface area contributed by atoms with Gasteiger partial charge >= 0.3 is 0 Å². The molecule has 90 valence electrons. The highest BCUT2D eigenvalue weighted by Crippen LogP contribution is 2.27. The van der Waals surface area contributed by atoms with Gasteiger partial charge in [-0.15, -0.1) is 11.3 Å². The molecule has 3 N–H and O–H groups in total. The molecule has 0 spiro atoms. The summed E-state index contributed by atoms with van der Waals surface area (Å²) in [5.74, 6) is -0.337. The first-order valence-electron chi connectivity index (χ1n) is 5.38. The zero-order chi connectivity index (χ0) is 12.5. The van der Waals surface area contributed by atoms with Crippen LogP contribution in [0.15, 0.2) is 41.9 Å². The predicted molar refractivity (Wildman–Crippen MR) is 73.7 cm³/mol. The number of hydrogen-bond acceptors (Lipinski definition) is 4. The lowest BCUT2D eigenvalue weighted by atomic mass is 10.2. The molecule has 0 atom stereocenters. The van der Waals surface area contributed by atoms with E-state index >= 15 is 0 Å². The van der Waals surface area contributed by atoms with Crippen molar-refractivity contribution in [3.8, 4) is 0 Å². The number of rotatable bonds is 2. The number of nitrogens with zero attached hydrogens (tertiary/aromatic N) is 1. The van der Waals surface area contributed by atoms with Crippen LogP contribution in [0, 0.1) is 5.82 Å². The topological polar surface area (TPSA) is 50.9 Å². The molecule has 0 aliphatic rings. The molecule has 1 heterocycles. The number of anilines is 3. The SMILES string of the molecule is Nc1cc(F)ccc1Nc1ccc2ncsc2c1. The highest BCUT2D eigenvalue weighted by molar-refractivity contribution is 7.16. The molecule has 3 nitrogen and oxygen atoms in total. The lowest BCUT2D eigenvalue weighted by Gasteiger charge is -2.09. The van der Waals surface area contributed by atoms with Gasteiger partial charge in [-0.2, -0.15) is 0 Å². The largest absolute Gasteiger partial charge is 0.397 e. The Morgan fingerprint density at radius 2 is 2.06 bits per heavy atom. The number of benzene rings is 2. The van der Waals surface area contributed by atoms with Gasteiger partial charge in [-0.3, -0.25) is 0 Å². The Kier molecular flexibility index (Phi) is 2.60. The Morgan fingerprint density at radius 3 is 2.89 bits per heavy atom. The van der Waals surface area contributed by atoms with E-state index in [1.54, 1.807) is 22.9 Å². The Morgan fingerprint density at radius 1 is 1.17 bits per heavy atom. The summed E-state index contributed by atoms with van der Waals surface area (Å²) in [6.45, 7) is 0. The number of nitrogen functional groups attached to an aromatic ring is 1. The van der Waals surface area contributed by atoms with Gasteiger partial charge in [0.25, 0.3) is 0 Å². The maximum Gasteiger partial charge on any atom is 0.125 e. The first-order chi connectivity index (χ1) is 8.72. The maximum atomic E-state index is 12.9. The van der Waals surface area contributed by atoms with Crippen LogP contribution in [0.5, 0.6) is 0 Å². The summed E-state index contributed by atoms with van der Waals surface area (Å²) >= 11 is 1.58. The molecule has 5 heteroatoms. The van der Waals surface area contributed by atoms with Crippen LogP contribution in [0.1, 0.15) is 0 Å². The molecule has 3 aromatic rings. The smallest absolute Gasteiger partial charge is 0.125 e. The van der Waals surface area contributed by atoms with E-state index < -0.39 is 0 Å². The summed E-state index contributed by atoms with van der Waals surface area (Å²) in [6.07, 6.45) is 0. The number of nitrogens with one attached hydrogen (secondary N) is 1. The van der Waals surface area contributed by atoms with Crippen molar-refractivity contribution in [1.29, 1.82) is 0 Å². The zero-order valence-corrected chi connectivity index (χ0v) is 10.2. The first-order valence-corrected chi connectivity index (χ1v) is 6.26. The van der Waals surface area contributed by atoms with Crippen LogP contribution in [-0.2, 0) is 0 Å². The third kappa shape index (κ3) is 2.00. The number of halogens is 1. The van der Waals surface area contributed by atoms with Gasteiger partial charge < -0.3 is 11.1 Å². The monoisotopic (exact) mass is 259 g/mol. The third-order valence-corrected chi connectivity index (χ3v) is 3.42. The van der Waals surface area contributed by atoms with Crippen LogP contribution in [0.3, 0.4) is 0 Å². The van der Waals surface area contributed by atoms with E-state index in [0.717, 1.165) is 15.9 Å². The highest BCUT2D eigenvalue weighted by Gasteiger charge is 2.03. The number of fused-ring (bicyclic) bond motifs is 1. The van der Waals surface area contributed by atoms with Gasteiger partial charge in [-0.05, 0) is 36.4 Å². The number of aromatic nitrogens is 1. The second-order valence-corrected chi connectivity index (χ2v) is 4.78. The quantitative estimate of drug-likeness (QED) is 0.689. The van der Waals surface area contributed by atoms with Crippen LogP contribution in [0.25, 0.3) is 10.2 Å². The lowest BCUT2D eigenvalue weighted by Crippen LogP contribution is -1.96. The van der Waals surface area contributed by atoms with Crippen LogP contribution in [0.2, 0.25) is 0 Å². The summed E-state index contributed by atoms with van der Waals surface area (Å²) in [6, 6.07) is 10.2. The molecular weight excluding hydrogens is 249 g/mol. The van der Waals surface area contributed by atoms with E-state index in [2.05, 4.69) is 10.3 Å². The summed E-state index contributed by atoms with van der Waals surface area (Å²) in [5.41, 5.74) is 10.5. The van der Waals surface area contributed by atoms with Gasteiger partial charge in [0.2, 0.25) is 0 Å². The molecular formula is C13H10FN3S. The number of hydrogen-bond donors (Lipinski definition) is 2. The van der Waals surface area contributed by atoms with E-state index in [4.69, 9.17) is 5.73 Å². The predicted octanol–water partition coefficient (Wildman–Crippen LogP) is 3.76. The number of nitrogens with two attached hydrogens (primary N) is 1. The van der Waals surface area contributed by atoms with Crippen molar-refractivity contribution >= 4 is 38.6 Å². The fourth-order valence-electron chi connectivity index (χ4n) is 1.74. The van der Waals surface area contributed by atoms with E-state index in [0.29, 0.717) is 11.4 Å². The Hall–Kier alpha value is -2.14. The highest BCUT2D eigenvalue weighted by atomic mass is 32.1. The Bertz CT molecular complexity index is 708. The molecule has 0 radical (unpaired) electrons. The third-order valence-electron chi connectivity index (χ3n) is 2.62. The molecule has 3 rings (SSSR count). The fraction of sp³-hybridized carbons (Fsp3) is 0. The van der Waals surface area contributed by atoms with E-state index in [9.17, 15) is 4.39 Å². The minimum absolute atomic E-state index is 0.337. The second kappa shape index (κ2) is 4.27. The Labute approximate surface area is 107 Å². The summed E-state index contributed by atoms with van der Waals surface area (Å²) in [5, 5.41) is 3.17. The molecule has 18 heavy (non-hydrogen) atoms. The van der Waals surface area contributed by atoms with Gasteiger partial charge in [0.05, 0.1) is 27.1 Å². The van der Waals surface area contributed by atoms with E-state index in [-0.39, 0.29) is 5.82 Å². The normalized spacial score (nSPS) is 10.7. The molecule has 0 saturated heterocycles. The van der Waals surface area contributed by atoms with Crippen molar-refractivity contribution in [2.45, 2.75) is 0 Å². The number of thiazole rings is 1.